The van der Waals surface area contributed by atoms with Gasteiger partial charge in [-0.1, -0.05) is 19.3 Å². The number of hydrogen-bond donors (Lipinski definition) is 4. The van der Waals surface area contributed by atoms with Crippen molar-refractivity contribution in [2.45, 2.75) is 57.0 Å². The van der Waals surface area contributed by atoms with Gasteiger partial charge in [0, 0.05) is 0 Å². The Labute approximate surface area is 122 Å². The van der Waals surface area contributed by atoms with E-state index in [-0.39, 0.29) is 18.5 Å². The van der Waals surface area contributed by atoms with E-state index in [1.165, 1.54) is 6.33 Å². The summed E-state index contributed by atoms with van der Waals surface area (Å²) in [6.45, 7) is 1.78. The number of aromatic nitrogens is 3. The SMILES string of the molecule is CC(NC(=O)NC1(CC(=O)O)CCCCC1)c1ncn[nH]1. The third kappa shape index (κ3) is 4.17. The molecule has 116 valence electrons. The van der Waals surface area contributed by atoms with Crippen LogP contribution in [0.1, 0.15) is 57.3 Å². The van der Waals surface area contributed by atoms with Gasteiger partial charge in [0.15, 0.2) is 0 Å². The molecular weight excluding hydrogens is 274 g/mol. The molecule has 8 heteroatoms. The van der Waals surface area contributed by atoms with Gasteiger partial charge < -0.3 is 15.7 Å². The molecule has 0 saturated heterocycles. The number of nitrogens with one attached hydrogen (secondary N) is 3. The van der Waals surface area contributed by atoms with Gasteiger partial charge in [-0.15, -0.1) is 0 Å². The zero-order valence-corrected chi connectivity index (χ0v) is 12.1. The Morgan fingerprint density at radius 1 is 1.43 bits per heavy atom. The van der Waals surface area contributed by atoms with Crippen LogP contribution in [0.15, 0.2) is 6.33 Å². The highest BCUT2D eigenvalue weighted by molar-refractivity contribution is 5.77. The molecule has 4 N–H and O–H groups in total. The molecule has 1 aromatic rings. The molecule has 0 radical (unpaired) electrons. The highest BCUT2D eigenvalue weighted by Gasteiger charge is 2.36. The number of urea groups is 1. The Kier molecular flexibility index (Phi) is 4.77. The van der Waals surface area contributed by atoms with Crippen molar-refractivity contribution in [2.75, 3.05) is 0 Å². The van der Waals surface area contributed by atoms with Gasteiger partial charge in [0.2, 0.25) is 0 Å². The quantitative estimate of drug-likeness (QED) is 0.653. The van der Waals surface area contributed by atoms with Crippen LogP contribution < -0.4 is 10.6 Å². The molecule has 0 spiro atoms. The van der Waals surface area contributed by atoms with Crippen molar-refractivity contribution in [3.63, 3.8) is 0 Å². The van der Waals surface area contributed by atoms with Crippen LogP contribution in [-0.2, 0) is 4.79 Å². The number of hydrogen-bond acceptors (Lipinski definition) is 4. The van der Waals surface area contributed by atoms with E-state index in [0.29, 0.717) is 18.7 Å². The molecule has 1 fully saturated rings. The first kappa shape index (κ1) is 15.3. The van der Waals surface area contributed by atoms with Crippen molar-refractivity contribution < 1.29 is 14.7 Å². The minimum atomic E-state index is -0.888. The molecule has 1 atom stereocenters. The summed E-state index contributed by atoms with van der Waals surface area (Å²) in [6, 6.07) is -0.694. The number of H-pyrrole nitrogens is 1. The summed E-state index contributed by atoms with van der Waals surface area (Å²) in [5.74, 6) is -0.332. The first-order valence-electron chi connectivity index (χ1n) is 7.16. The average Bonchev–Trinajstić information content (AvgIpc) is 2.92. The number of carboxylic acid groups (broad SMARTS) is 1. The van der Waals surface area contributed by atoms with E-state index in [9.17, 15) is 9.59 Å². The van der Waals surface area contributed by atoms with Crippen molar-refractivity contribution in [2.24, 2.45) is 0 Å². The molecule has 1 aliphatic carbocycles. The van der Waals surface area contributed by atoms with E-state index in [4.69, 9.17) is 5.11 Å². The van der Waals surface area contributed by atoms with Gasteiger partial charge in [0.1, 0.15) is 12.2 Å². The summed E-state index contributed by atoms with van der Waals surface area (Å²) in [5.41, 5.74) is -0.644. The summed E-state index contributed by atoms with van der Waals surface area (Å²) in [5, 5.41) is 21.1. The zero-order valence-electron chi connectivity index (χ0n) is 12.1. The van der Waals surface area contributed by atoms with Gasteiger partial charge in [-0.3, -0.25) is 9.89 Å². The third-order valence-corrected chi connectivity index (χ3v) is 3.87. The Morgan fingerprint density at radius 3 is 2.71 bits per heavy atom. The highest BCUT2D eigenvalue weighted by atomic mass is 16.4. The minimum absolute atomic E-state index is 0.0445. The van der Waals surface area contributed by atoms with E-state index in [1.54, 1.807) is 6.92 Å². The monoisotopic (exact) mass is 295 g/mol. The van der Waals surface area contributed by atoms with Gasteiger partial charge in [0.05, 0.1) is 18.0 Å². The van der Waals surface area contributed by atoms with Gasteiger partial charge in [0.25, 0.3) is 0 Å². The van der Waals surface area contributed by atoms with Crippen LogP contribution in [0.3, 0.4) is 0 Å². The summed E-state index contributed by atoms with van der Waals surface area (Å²) in [7, 11) is 0. The Bertz CT molecular complexity index is 482. The number of carbonyl (C=O) groups is 2. The second-order valence-corrected chi connectivity index (χ2v) is 5.60. The first-order chi connectivity index (χ1) is 10.0. The maximum atomic E-state index is 12.1. The van der Waals surface area contributed by atoms with Crippen LogP contribution in [0.5, 0.6) is 0 Å². The Hall–Kier alpha value is -2.12. The molecule has 1 aliphatic rings. The largest absolute Gasteiger partial charge is 0.481 e. The molecule has 1 unspecified atom stereocenters. The maximum absolute atomic E-state index is 12.1. The first-order valence-corrected chi connectivity index (χ1v) is 7.16. The summed E-state index contributed by atoms with van der Waals surface area (Å²) < 4.78 is 0. The number of nitrogens with zero attached hydrogens (tertiary/aromatic N) is 2. The van der Waals surface area contributed by atoms with Crippen LogP contribution >= 0.6 is 0 Å². The average molecular weight is 295 g/mol. The fraction of sp³-hybridized carbons (Fsp3) is 0.692. The van der Waals surface area contributed by atoms with Crippen molar-refractivity contribution in [1.29, 1.82) is 0 Å². The minimum Gasteiger partial charge on any atom is -0.481 e. The van der Waals surface area contributed by atoms with E-state index < -0.39 is 11.5 Å². The lowest BCUT2D eigenvalue weighted by molar-refractivity contribution is -0.139. The maximum Gasteiger partial charge on any atom is 0.315 e. The highest BCUT2D eigenvalue weighted by Crippen LogP contribution is 2.31. The summed E-state index contributed by atoms with van der Waals surface area (Å²) in [4.78, 5) is 27.2. The number of carbonyl (C=O) groups excluding carboxylic acids is 1. The van der Waals surface area contributed by atoms with E-state index in [0.717, 1.165) is 19.3 Å². The molecule has 1 heterocycles. The van der Waals surface area contributed by atoms with Crippen LogP contribution in [-0.4, -0.2) is 37.8 Å². The van der Waals surface area contributed by atoms with Crippen LogP contribution in [0.25, 0.3) is 0 Å². The number of rotatable bonds is 5. The van der Waals surface area contributed by atoms with Crippen LogP contribution in [0, 0.1) is 0 Å². The molecule has 21 heavy (non-hydrogen) atoms. The lowest BCUT2D eigenvalue weighted by atomic mass is 9.79. The number of aliphatic carboxylic acids is 1. The van der Waals surface area contributed by atoms with E-state index >= 15 is 0 Å². The number of amides is 2. The summed E-state index contributed by atoms with van der Waals surface area (Å²) >= 11 is 0. The molecule has 1 aromatic heterocycles. The smallest absolute Gasteiger partial charge is 0.315 e. The fourth-order valence-corrected chi connectivity index (χ4v) is 2.83. The molecule has 0 aromatic carbocycles. The predicted octanol–water partition coefficient (Wildman–Crippen LogP) is 1.34. The lowest BCUT2D eigenvalue weighted by Crippen LogP contribution is -2.54. The molecule has 2 rings (SSSR count). The second kappa shape index (κ2) is 6.55. The van der Waals surface area contributed by atoms with Crippen molar-refractivity contribution >= 4 is 12.0 Å². The van der Waals surface area contributed by atoms with Gasteiger partial charge in [-0.25, -0.2) is 9.78 Å². The third-order valence-electron chi connectivity index (χ3n) is 3.87. The normalized spacial score (nSPS) is 18.7. The van der Waals surface area contributed by atoms with E-state index in [1.807, 2.05) is 0 Å². The van der Waals surface area contributed by atoms with Crippen molar-refractivity contribution in [1.82, 2.24) is 25.8 Å². The number of carboxylic acids is 1. The molecule has 8 nitrogen and oxygen atoms in total. The van der Waals surface area contributed by atoms with Crippen molar-refractivity contribution in [3.8, 4) is 0 Å². The zero-order chi connectivity index (χ0) is 15.3. The van der Waals surface area contributed by atoms with Gasteiger partial charge in [-0.2, -0.15) is 5.10 Å². The molecule has 2 amide bonds. The summed E-state index contributed by atoms with van der Waals surface area (Å²) in [6.07, 6.45) is 5.68. The standard InChI is InChI=1S/C13H21N5O3/c1-9(11-14-8-15-18-11)16-12(21)17-13(7-10(19)20)5-3-2-4-6-13/h8-9H,2-7H2,1H3,(H,19,20)(H,14,15,18)(H2,16,17,21). The predicted molar refractivity (Wildman–Crippen MR) is 74.5 cm³/mol. The Balaban J connectivity index is 1.96. The topological polar surface area (TPSA) is 120 Å². The second-order valence-electron chi connectivity index (χ2n) is 5.60. The number of aromatic amines is 1. The molecule has 0 bridgehead atoms. The van der Waals surface area contributed by atoms with Crippen molar-refractivity contribution in [3.05, 3.63) is 12.2 Å². The van der Waals surface area contributed by atoms with Gasteiger partial charge >= 0.3 is 12.0 Å². The molecule has 1 saturated carbocycles. The lowest BCUT2D eigenvalue weighted by Gasteiger charge is -2.37. The Morgan fingerprint density at radius 2 is 2.14 bits per heavy atom. The fourth-order valence-electron chi connectivity index (χ4n) is 2.83. The van der Waals surface area contributed by atoms with E-state index in [2.05, 4.69) is 25.8 Å². The molecule has 0 aliphatic heterocycles. The van der Waals surface area contributed by atoms with Gasteiger partial charge in [-0.05, 0) is 19.8 Å². The van der Waals surface area contributed by atoms with Crippen LogP contribution in [0.2, 0.25) is 0 Å². The van der Waals surface area contributed by atoms with Crippen LogP contribution in [0.4, 0.5) is 4.79 Å². The molecular formula is C13H21N5O3.